The third-order valence-corrected chi connectivity index (χ3v) is 6.61. The number of benzene rings is 2. The maximum Gasteiger partial charge on any atom is 0.125 e. The van der Waals surface area contributed by atoms with Crippen molar-refractivity contribution in [2.45, 2.75) is 19.3 Å². The zero-order valence-corrected chi connectivity index (χ0v) is 19.0. The summed E-state index contributed by atoms with van der Waals surface area (Å²) in [5.41, 5.74) is 9.23. The van der Waals surface area contributed by atoms with Gasteiger partial charge in [-0.15, -0.1) is 0 Å². The second kappa shape index (κ2) is 10.8. The maximum atomic E-state index is 5.96. The van der Waals surface area contributed by atoms with Crippen LogP contribution in [0.5, 0.6) is 5.75 Å². The number of nitrogen functional groups attached to an aromatic ring is 1. The molecule has 3 aromatic rings. The van der Waals surface area contributed by atoms with Crippen molar-refractivity contribution in [3.05, 3.63) is 71.9 Å². The first-order valence-corrected chi connectivity index (χ1v) is 11.7. The molecule has 2 heterocycles. The van der Waals surface area contributed by atoms with Crippen molar-refractivity contribution < 1.29 is 4.74 Å². The van der Waals surface area contributed by atoms with Gasteiger partial charge >= 0.3 is 0 Å². The van der Waals surface area contributed by atoms with E-state index in [1.807, 2.05) is 48.5 Å². The molecule has 4 rings (SSSR count). The van der Waals surface area contributed by atoms with Crippen LogP contribution < -0.4 is 14.8 Å². The molecule has 0 amide bonds. The fraction of sp³-hybridized carbons (Fsp3) is 0.292. The van der Waals surface area contributed by atoms with E-state index in [1.165, 1.54) is 0 Å². The van der Waals surface area contributed by atoms with Crippen LogP contribution in [-0.2, 0) is 0 Å². The van der Waals surface area contributed by atoms with E-state index in [1.54, 1.807) is 18.3 Å². The topological polar surface area (TPSA) is 54.6 Å². The largest absolute Gasteiger partial charge is 0.494 e. The second-order valence-corrected chi connectivity index (χ2v) is 9.05. The first kappa shape index (κ1) is 21.8. The fourth-order valence-corrected chi connectivity index (χ4v) is 4.64. The molecule has 162 valence electrons. The lowest BCUT2D eigenvalue weighted by Crippen LogP contribution is -2.14. The van der Waals surface area contributed by atoms with Crippen LogP contribution in [-0.4, -0.2) is 35.5 Å². The van der Waals surface area contributed by atoms with Crippen LogP contribution in [0.3, 0.4) is 0 Å². The minimum absolute atomic E-state index is 0.566. The van der Waals surface area contributed by atoms with Gasteiger partial charge in [-0.05, 0) is 60.7 Å². The van der Waals surface area contributed by atoms with E-state index >= 15 is 0 Å². The monoisotopic (exact) mass is 454 g/mol. The standard InChI is InChI=1S/C24H27ClN4OS/c25-21-8-4-19(5-9-21)20-6-10-23(11-7-20)30-17-3-1-2-14-28-15-16-29(31-28)22-12-13-27-24(26)18-22/h4-13,18H,1-3,14-17H2,(H2,26,27). The normalized spacial score (nSPS) is 14.2. The van der Waals surface area contributed by atoms with Gasteiger partial charge in [-0.2, -0.15) is 0 Å². The van der Waals surface area contributed by atoms with Crippen molar-refractivity contribution in [3.8, 4) is 16.9 Å². The lowest BCUT2D eigenvalue weighted by Gasteiger charge is -2.18. The lowest BCUT2D eigenvalue weighted by atomic mass is 10.1. The molecule has 5 nitrogen and oxygen atoms in total. The lowest BCUT2D eigenvalue weighted by molar-refractivity contribution is 0.303. The quantitative estimate of drug-likeness (QED) is 0.320. The number of aromatic nitrogens is 1. The number of nitrogens with zero attached hydrogens (tertiary/aromatic N) is 3. The minimum Gasteiger partial charge on any atom is -0.494 e. The third kappa shape index (κ3) is 6.29. The zero-order chi connectivity index (χ0) is 21.5. The van der Waals surface area contributed by atoms with Gasteiger partial charge in [0.2, 0.25) is 0 Å². The van der Waals surface area contributed by atoms with Crippen LogP contribution in [0.2, 0.25) is 5.02 Å². The Kier molecular flexibility index (Phi) is 7.57. The average molecular weight is 455 g/mol. The Morgan fingerprint density at radius 3 is 2.42 bits per heavy atom. The molecule has 0 saturated carbocycles. The predicted molar refractivity (Wildman–Crippen MR) is 131 cm³/mol. The number of hydrogen-bond acceptors (Lipinski definition) is 6. The van der Waals surface area contributed by atoms with Crippen molar-refractivity contribution in [1.82, 2.24) is 9.29 Å². The molecule has 0 radical (unpaired) electrons. The zero-order valence-electron chi connectivity index (χ0n) is 17.4. The molecule has 1 fully saturated rings. The molecule has 1 aliphatic rings. The van der Waals surface area contributed by atoms with E-state index < -0.39 is 0 Å². The Labute approximate surface area is 193 Å². The molecule has 1 aliphatic heterocycles. The molecular weight excluding hydrogens is 428 g/mol. The number of pyridine rings is 1. The smallest absolute Gasteiger partial charge is 0.125 e. The van der Waals surface area contributed by atoms with Gasteiger partial charge in [-0.3, -0.25) is 0 Å². The minimum atomic E-state index is 0.566. The summed E-state index contributed by atoms with van der Waals surface area (Å²) in [5.74, 6) is 1.48. The molecule has 7 heteroatoms. The number of anilines is 2. The van der Waals surface area contributed by atoms with Gasteiger partial charge in [0.15, 0.2) is 0 Å². The van der Waals surface area contributed by atoms with E-state index in [-0.39, 0.29) is 0 Å². The third-order valence-electron chi connectivity index (χ3n) is 5.17. The fourth-order valence-electron chi connectivity index (χ4n) is 3.49. The van der Waals surface area contributed by atoms with E-state index in [4.69, 9.17) is 22.1 Å². The highest BCUT2D eigenvalue weighted by Crippen LogP contribution is 2.30. The van der Waals surface area contributed by atoms with Crippen molar-refractivity contribution in [2.75, 3.05) is 36.3 Å². The number of halogens is 1. The molecule has 2 N–H and O–H groups in total. The van der Waals surface area contributed by atoms with Crippen molar-refractivity contribution in [3.63, 3.8) is 0 Å². The summed E-state index contributed by atoms with van der Waals surface area (Å²) < 4.78 is 10.6. The Hall–Kier alpha value is -2.41. The van der Waals surface area contributed by atoms with Crippen LogP contribution >= 0.6 is 23.7 Å². The number of nitrogens with two attached hydrogens (primary N) is 1. The highest BCUT2D eigenvalue weighted by molar-refractivity contribution is 7.98. The highest BCUT2D eigenvalue weighted by Gasteiger charge is 2.21. The van der Waals surface area contributed by atoms with E-state index in [0.29, 0.717) is 5.82 Å². The van der Waals surface area contributed by atoms with Gasteiger partial charge in [-0.25, -0.2) is 9.29 Å². The van der Waals surface area contributed by atoms with Crippen LogP contribution in [0.15, 0.2) is 66.9 Å². The van der Waals surface area contributed by atoms with Crippen LogP contribution in [0.4, 0.5) is 11.5 Å². The first-order valence-electron chi connectivity index (χ1n) is 10.6. The predicted octanol–water partition coefficient (Wildman–Crippen LogP) is 5.92. The number of unbranched alkanes of at least 4 members (excludes halogenated alkanes) is 2. The summed E-state index contributed by atoms with van der Waals surface area (Å²) in [5, 5.41) is 0.753. The highest BCUT2D eigenvalue weighted by atomic mass is 35.5. The molecular formula is C24H27ClN4OS. The van der Waals surface area contributed by atoms with Gasteiger partial charge < -0.3 is 14.8 Å². The first-order chi connectivity index (χ1) is 15.2. The summed E-state index contributed by atoms with van der Waals surface area (Å²) >= 11 is 7.74. The molecule has 1 aromatic heterocycles. The Bertz CT molecular complexity index is 968. The molecule has 0 atom stereocenters. The summed E-state index contributed by atoms with van der Waals surface area (Å²) in [4.78, 5) is 4.06. The van der Waals surface area contributed by atoms with Crippen LogP contribution in [0, 0.1) is 0 Å². The molecule has 2 aromatic carbocycles. The number of hydrogen-bond donors (Lipinski definition) is 1. The SMILES string of the molecule is Nc1cc(N2CCN(CCCCCOc3ccc(-c4ccc(Cl)cc4)cc3)S2)ccn1. The molecule has 0 spiro atoms. The van der Waals surface area contributed by atoms with E-state index in [2.05, 4.69) is 25.7 Å². The van der Waals surface area contributed by atoms with Gasteiger partial charge in [0.1, 0.15) is 11.6 Å². The van der Waals surface area contributed by atoms with Crippen molar-refractivity contribution in [2.24, 2.45) is 0 Å². The molecule has 31 heavy (non-hydrogen) atoms. The summed E-state index contributed by atoms with van der Waals surface area (Å²) in [6.07, 6.45) is 5.14. The molecule has 0 bridgehead atoms. The van der Waals surface area contributed by atoms with E-state index in [0.717, 1.165) is 73.1 Å². The summed E-state index contributed by atoms with van der Waals surface area (Å²) in [6.45, 7) is 3.89. The van der Waals surface area contributed by atoms with Crippen LogP contribution in [0.1, 0.15) is 19.3 Å². The molecule has 0 aliphatic carbocycles. The Balaban J connectivity index is 1.12. The van der Waals surface area contributed by atoms with Gasteiger partial charge in [0.25, 0.3) is 0 Å². The number of ether oxygens (including phenoxy) is 1. The van der Waals surface area contributed by atoms with Crippen LogP contribution in [0.25, 0.3) is 11.1 Å². The van der Waals surface area contributed by atoms with Gasteiger partial charge in [0.05, 0.1) is 12.3 Å². The summed E-state index contributed by atoms with van der Waals surface area (Å²) in [7, 11) is 0. The van der Waals surface area contributed by atoms with Crippen molar-refractivity contribution >= 4 is 35.2 Å². The Morgan fingerprint density at radius 1 is 0.935 bits per heavy atom. The van der Waals surface area contributed by atoms with Gasteiger partial charge in [-0.1, -0.05) is 35.9 Å². The van der Waals surface area contributed by atoms with E-state index in [9.17, 15) is 0 Å². The van der Waals surface area contributed by atoms with Gasteiger partial charge in [0, 0.05) is 49.1 Å². The second-order valence-electron chi connectivity index (χ2n) is 7.49. The Morgan fingerprint density at radius 2 is 1.68 bits per heavy atom. The maximum absolute atomic E-state index is 5.96. The van der Waals surface area contributed by atoms with Crippen molar-refractivity contribution in [1.29, 1.82) is 0 Å². The average Bonchev–Trinajstić information content (AvgIpc) is 3.26. The molecule has 0 unspecified atom stereocenters. The number of rotatable bonds is 9. The molecule has 1 saturated heterocycles. The summed E-state index contributed by atoms with van der Waals surface area (Å²) in [6, 6.07) is 20.1.